The van der Waals surface area contributed by atoms with Gasteiger partial charge in [0.2, 0.25) is 0 Å². The van der Waals surface area contributed by atoms with E-state index in [1.165, 1.54) is 24.3 Å². The first-order chi connectivity index (χ1) is 10.1. The van der Waals surface area contributed by atoms with E-state index in [1.54, 1.807) is 7.11 Å². The molecule has 21 heavy (non-hydrogen) atoms. The van der Waals surface area contributed by atoms with Gasteiger partial charge in [0.15, 0.2) is 0 Å². The number of carbonyl (C=O) groups excluding carboxylic acids is 1. The number of ether oxygens (including phenoxy) is 1. The number of hydrogen-bond acceptors (Lipinski definition) is 2. The molecule has 0 saturated heterocycles. The standard InChI is InChI=1S/C17H18FNO2/c1-12-5-3-4-6-15(12)16(21-2)11-19-17(20)13-7-9-14(18)10-8-13/h3-10,16H,11H2,1-2H3,(H,19,20)/t16-/m0/s1. The number of methoxy groups -OCH3 is 1. The number of benzene rings is 2. The molecule has 0 saturated carbocycles. The van der Waals surface area contributed by atoms with E-state index in [1.807, 2.05) is 31.2 Å². The van der Waals surface area contributed by atoms with Crippen molar-refractivity contribution >= 4 is 5.91 Å². The molecule has 0 aliphatic rings. The van der Waals surface area contributed by atoms with Crippen molar-refractivity contribution in [3.63, 3.8) is 0 Å². The Morgan fingerprint density at radius 3 is 2.48 bits per heavy atom. The maximum absolute atomic E-state index is 12.8. The third-order valence-corrected chi connectivity index (χ3v) is 3.37. The summed E-state index contributed by atoms with van der Waals surface area (Å²) in [6.07, 6.45) is -0.212. The molecule has 0 radical (unpaired) electrons. The molecule has 0 aliphatic heterocycles. The van der Waals surface area contributed by atoms with Crippen LogP contribution in [0, 0.1) is 12.7 Å². The van der Waals surface area contributed by atoms with Crippen molar-refractivity contribution in [2.45, 2.75) is 13.0 Å². The molecule has 4 heteroatoms. The second-order valence-corrected chi connectivity index (χ2v) is 4.80. The van der Waals surface area contributed by atoms with Crippen LogP contribution in [0.5, 0.6) is 0 Å². The van der Waals surface area contributed by atoms with Crippen molar-refractivity contribution in [1.29, 1.82) is 0 Å². The average molecular weight is 287 g/mol. The molecule has 0 heterocycles. The van der Waals surface area contributed by atoms with Crippen molar-refractivity contribution in [3.8, 4) is 0 Å². The van der Waals surface area contributed by atoms with Crippen LogP contribution >= 0.6 is 0 Å². The first-order valence-corrected chi connectivity index (χ1v) is 6.74. The van der Waals surface area contributed by atoms with Crippen molar-refractivity contribution in [2.75, 3.05) is 13.7 Å². The molecule has 0 fully saturated rings. The van der Waals surface area contributed by atoms with Crippen molar-refractivity contribution in [3.05, 3.63) is 71.0 Å². The average Bonchev–Trinajstić information content (AvgIpc) is 2.50. The van der Waals surface area contributed by atoms with Gasteiger partial charge >= 0.3 is 0 Å². The first-order valence-electron chi connectivity index (χ1n) is 6.74. The van der Waals surface area contributed by atoms with E-state index in [-0.39, 0.29) is 17.8 Å². The Morgan fingerprint density at radius 1 is 1.19 bits per heavy atom. The second kappa shape index (κ2) is 6.99. The molecule has 2 rings (SSSR count). The summed E-state index contributed by atoms with van der Waals surface area (Å²) < 4.78 is 18.3. The molecule has 0 aliphatic carbocycles. The van der Waals surface area contributed by atoms with Crippen LogP contribution in [0.4, 0.5) is 4.39 Å². The smallest absolute Gasteiger partial charge is 0.251 e. The Bertz CT molecular complexity index is 610. The minimum absolute atomic E-state index is 0.212. The van der Waals surface area contributed by atoms with Crippen molar-refractivity contribution in [2.24, 2.45) is 0 Å². The van der Waals surface area contributed by atoms with Gasteiger partial charge in [-0.15, -0.1) is 0 Å². The van der Waals surface area contributed by atoms with E-state index >= 15 is 0 Å². The summed E-state index contributed by atoms with van der Waals surface area (Å²) in [6.45, 7) is 2.36. The summed E-state index contributed by atoms with van der Waals surface area (Å²) in [7, 11) is 1.61. The topological polar surface area (TPSA) is 38.3 Å². The van der Waals surface area contributed by atoms with Gasteiger partial charge in [-0.25, -0.2) is 4.39 Å². The zero-order chi connectivity index (χ0) is 15.2. The van der Waals surface area contributed by atoms with Crippen LogP contribution in [0.15, 0.2) is 48.5 Å². The molecule has 0 aromatic heterocycles. The van der Waals surface area contributed by atoms with Gasteiger partial charge in [-0.1, -0.05) is 24.3 Å². The fourth-order valence-electron chi connectivity index (χ4n) is 2.16. The lowest BCUT2D eigenvalue weighted by atomic mass is 10.0. The van der Waals surface area contributed by atoms with Crippen LogP contribution in [0.2, 0.25) is 0 Å². The van der Waals surface area contributed by atoms with Gasteiger partial charge in [0.25, 0.3) is 5.91 Å². The SMILES string of the molecule is CO[C@@H](CNC(=O)c1ccc(F)cc1)c1ccccc1C. The monoisotopic (exact) mass is 287 g/mol. The molecule has 0 bridgehead atoms. The van der Waals surface area contributed by atoms with Crippen LogP contribution < -0.4 is 5.32 Å². The lowest BCUT2D eigenvalue weighted by Crippen LogP contribution is -2.29. The molecule has 0 unspecified atom stereocenters. The normalized spacial score (nSPS) is 12.0. The van der Waals surface area contributed by atoms with Gasteiger partial charge in [-0.2, -0.15) is 0 Å². The number of nitrogens with one attached hydrogen (secondary N) is 1. The fourth-order valence-corrected chi connectivity index (χ4v) is 2.16. The van der Waals surface area contributed by atoms with E-state index in [4.69, 9.17) is 4.74 Å². The number of rotatable bonds is 5. The molecule has 0 spiro atoms. The molecule has 1 amide bonds. The number of carbonyl (C=O) groups is 1. The Kier molecular flexibility index (Phi) is 5.06. The maximum atomic E-state index is 12.8. The van der Waals surface area contributed by atoms with E-state index in [9.17, 15) is 9.18 Å². The number of halogens is 1. The van der Waals surface area contributed by atoms with Crippen LogP contribution in [-0.2, 0) is 4.74 Å². The number of amides is 1. The zero-order valence-electron chi connectivity index (χ0n) is 12.1. The van der Waals surface area contributed by atoms with Crippen molar-refractivity contribution in [1.82, 2.24) is 5.32 Å². The van der Waals surface area contributed by atoms with Crippen LogP contribution in [0.3, 0.4) is 0 Å². The van der Waals surface area contributed by atoms with E-state index in [0.29, 0.717) is 12.1 Å². The summed E-state index contributed by atoms with van der Waals surface area (Å²) in [5.41, 5.74) is 2.58. The van der Waals surface area contributed by atoms with Gasteiger partial charge in [0, 0.05) is 19.2 Å². The summed E-state index contributed by atoms with van der Waals surface area (Å²) in [4.78, 5) is 12.0. The Balaban J connectivity index is 2.02. The molecule has 3 nitrogen and oxygen atoms in total. The van der Waals surface area contributed by atoms with Gasteiger partial charge in [0.05, 0.1) is 6.10 Å². The zero-order valence-corrected chi connectivity index (χ0v) is 12.1. The Morgan fingerprint density at radius 2 is 1.86 bits per heavy atom. The predicted octanol–water partition coefficient (Wildman–Crippen LogP) is 3.25. The Hall–Kier alpha value is -2.20. The summed E-state index contributed by atoms with van der Waals surface area (Å²) >= 11 is 0. The maximum Gasteiger partial charge on any atom is 0.251 e. The molecule has 1 N–H and O–H groups in total. The summed E-state index contributed by atoms with van der Waals surface area (Å²) in [5, 5.41) is 2.81. The van der Waals surface area contributed by atoms with E-state index < -0.39 is 0 Å². The van der Waals surface area contributed by atoms with E-state index in [2.05, 4.69) is 5.32 Å². The summed E-state index contributed by atoms with van der Waals surface area (Å²) in [5.74, 6) is -0.605. The molecular weight excluding hydrogens is 269 g/mol. The Labute approximate surface area is 123 Å². The molecular formula is C17H18FNO2. The highest BCUT2D eigenvalue weighted by molar-refractivity contribution is 5.94. The third-order valence-electron chi connectivity index (χ3n) is 3.37. The van der Waals surface area contributed by atoms with Crippen LogP contribution in [-0.4, -0.2) is 19.6 Å². The quantitative estimate of drug-likeness (QED) is 0.916. The largest absolute Gasteiger partial charge is 0.375 e. The second-order valence-electron chi connectivity index (χ2n) is 4.80. The van der Waals surface area contributed by atoms with Crippen molar-refractivity contribution < 1.29 is 13.9 Å². The minimum Gasteiger partial charge on any atom is -0.375 e. The van der Waals surface area contributed by atoms with Gasteiger partial charge in [-0.05, 0) is 42.3 Å². The van der Waals surface area contributed by atoms with Crippen LogP contribution in [0.1, 0.15) is 27.6 Å². The number of aryl methyl sites for hydroxylation is 1. The summed E-state index contributed by atoms with van der Waals surface area (Å²) in [6, 6.07) is 13.3. The predicted molar refractivity (Wildman–Crippen MR) is 79.7 cm³/mol. The fraction of sp³-hybridized carbons (Fsp3) is 0.235. The lowest BCUT2D eigenvalue weighted by molar-refractivity contribution is 0.0826. The molecule has 2 aromatic rings. The minimum atomic E-state index is -0.360. The highest BCUT2D eigenvalue weighted by atomic mass is 19.1. The number of hydrogen-bond donors (Lipinski definition) is 1. The highest BCUT2D eigenvalue weighted by Gasteiger charge is 2.14. The molecule has 2 aromatic carbocycles. The van der Waals surface area contributed by atoms with Gasteiger partial charge in [0.1, 0.15) is 5.82 Å². The van der Waals surface area contributed by atoms with Gasteiger partial charge in [-0.3, -0.25) is 4.79 Å². The first kappa shape index (κ1) is 15.2. The molecule has 1 atom stereocenters. The lowest BCUT2D eigenvalue weighted by Gasteiger charge is -2.18. The third kappa shape index (κ3) is 3.89. The highest BCUT2D eigenvalue weighted by Crippen LogP contribution is 2.19. The van der Waals surface area contributed by atoms with Crippen LogP contribution in [0.25, 0.3) is 0 Å². The van der Waals surface area contributed by atoms with E-state index in [0.717, 1.165) is 11.1 Å². The van der Waals surface area contributed by atoms with Gasteiger partial charge < -0.3 is 10.1 Å². The molecule has 110 valence electrons.